The summed E-state index contributed by atoms with van der Waals surface area (Å²) in [5.41, 5.74) is 1.42. The number of aliphatic carboxylic acids is 1. The summed E-state index contributed by atoms with van der Waals surface area (Å²) in [4.78, 5) is 29.6. The number of imidazole rings is 1. The second-order valence-corrected chi connectivity index (χ2v) is 4.44. The number of carboxylic acid groups (broad SMARTS) is 1. The summed E-state index contributed by atoms with van der Waals surface area (Å²) in [7, 11) is 0. The molecule has 1 unspecified atom stereocenters. The van der Waals surface area contributed by atoms with E-state index in [2.05, 4.69) is 20.6 Å². The van der Waals surface area contributed by atoms with Crippen molar-refractivity contribution in [3.63, 3.8) is 0 Å². The van der Waals surface area contributed by atoms with Crippen molar-refractivity contribution in [2.45, 2.75) is 12.5 Å². The minimum absolute atomic E-state index is 0.0220. The number of carboxylic acids is 1. The summed E-state index contributed by atoms with van der Waals surface area (Å²) in [6, 6.07) is 8.37. The first-order chi connectivity index (χ1) is 10.2. The number of hydrogen-bond donors (Lipinski definition) is 4. The van der Waals surface area contributed by atoms with Crippen LogP contribution in [0.25, 0.3) is 0 Å². The Kier molecular flexibility index (Phi) is 4.92. The van der Waals surface area contributed by atoms with Crippen LogP contribution in [0.2, 0.25) is 0 Å². The summed E-state index contributed by atoms with van der Waals surface area (Å²) in [6.07, 6.45) is 3.12. The molecule has 7 heteroatoms. The van der Waals surface area contributed by atoms with Gasteiger partial charge in [0.1, 0.15) is 0 Å². The van der Waals surface area contributed by atoms with Crippen molar-refractivity contribution in [3.8, 4) is 0 Å². The maximum atomic E-state index is 11.6. The van der Waals surface area contributed by atoms with Crippen molar-refractivity contribution in [1.29, 1.82) is 0 Å². The number of hydrogen-bond acceptors (Lipinski definition) is 3. The lowest BCUT2D eigenvalue weighted by molar-refractivity contribution is -0.138. The monoisotopic (exact) mass is 288 g/mol. The van der Waals surface area contributed by atoms with E-state index in [1.54, 1.807) is 30.5 Å². The van der Waals surface area contributed by atoms with Crippen LogP contribution in [0.1, 0.15) is 17.2 Å². The Hall–Kier alpha value is -2.83. The molecule has 0 radical (unpaired) electrons. The number of nitrogens with zero attached hydrogens (tertiary/aromatic N) is 1. The first kappa shape index (κ1) is 14.6. The van der Waals surface area contributed by atoms with Gasteiger partial charge in [-0.2, -0.15) is 0 Å². The van der Waals surface area contributed by atoms with Gasteiger partial charge in [0.25, 0.3) is 0 Å². The van der Waals surface area contributed by atoms with Gasteiger partial charge < -0.3 is 20.7 Å². The lowest BCUT2D eigenvalue weighted by Crippen LogP contribution is -2.38. The van der Waals surface area contributed by atoms with Crippen LogP contribution < -0.4 is 10.6 Å². The largest absolute Gasteiger partial charge is 0.481 e. The third-order valence-corrected chi connectivity index (χ3v) is 2.96. The van der Waals surface area contributed by atoms with Gasteiger partial charge in [0.2, 0.25) is 0 Å². The quantitative estimate of drug-likeness (QED) is 0.638. The molecule has 0 aliphatic heterocycles. The number of aromatic amines is 1. The van der Waals surface area contributed by atoms with E-state index in [0.717, 1.165) is 5.69 Å². The Bertz CT molecular complexity index is 584. The molecule has 7 nitrogen and oxygen atoms in total. The van der Waals surface area contributed by atoms with Gasteiger partial charge in [0.05, 0.1) is 24.5 Å². The van der Waals surface area contributed by atoms with Crippen molar-refractivity contribution in [1.82, 2.24) is 20.6 Å². The predicted molar refractivity (Wildman–Crippen MR) is 75.6 cm³/mol. The minimum Gasteiger partial charge on any atom is -0.481 e. The Morgan fingerprint density at radius 1 is 1.24 bits per heavy atom. The number of nitrogens with one attached hydrogen (secondary N) is 3. The van der Waals surface area contributed by atoms with E-state index < -0.39 is 17.9 Å². The standard InChI is InChI=1S/C14H16N4O3/c19-13(20)12(10-4-2-1-3-5-10)8-17-14(21)16-7-11-6-15-9-18-11/h1-6,9,12H,7-8H2,(H,15,18)(H,19,20)(H2,16,17,21). The normalized spacial score (nSPS) is 11.6. The highest BCUT2D eigenvalue weighted by Gasteiger charge is 2.20. The minimum atomic E-state index is -0.977. The number of aromatic nitrogens is 2. The number of benzene rings is 1. The number of rotatable bonds is 6. The summed E-state index contributed by atoms with van der Waals surface area (Å²) >= 11 is 0. The average Bonchev–Trinajstić information content (AvgIpc) is 2.99. The molecule has 0 aliphatic carbocycles. The third-order valence-electron chi connectivity index (χ3n) is 2.96. The molecule has 4 N–H and O–H groups in total. The molecule has 0 bridgehead atoms. The zero-order valence-corrected chi connectivity index (χ0v) is 11.2. The molecule has 110 valence electrons. The lowest BCUT2D eigenvalue weighted by atomic mass is 9.99. The lowest BCUT2D eigenvalue weighted by Gasteiger charge is -2.14. The van der Waals surface area contributed by atoms with Crippen molar-refractivity contribution in [2.75, 3.05) is 6.54 Å². The van der Waals surface area contributed by atoms with Gasteiger partial charge in [-0.1, -0.05) is 30.3 Å². The van der Waals surface area contributed by atoms with Crippen molar-refractivity contribution in [3.05, 3.63) is 54.1 Å². The number of amides is 2. The van der Waals surface area contributed by atoms with Crippen molar-refractivity contribution >= 4 is 12.0 Å². The highest BCUT2D eigenvalue weighted by atomic mass is 16.4. The number of carbonyl (C=O) groups excluding carboxylic acids is 1. The molecule has 1 heterocycles. The topological polar surface area (TPSA) is 107 Å². The molecule has 1 aromatic heterocycles. The summed E-state index contributed by atoms with van der Waals surface area (Å²) in [6.45, 7) is 0.322. The van der Waals surface area contributed by atoms with Gasteiger partial charge in [0.15, 0.2) is 0 Å². The van der Waals surface area contributed by atoms with Crippen molar-refractivity contribution in [2.24, 2.45) is 0 Å². The van der Waals surface area contributed by atoms with Gasteiger partial charge in [-0.25, -0.2) is 9.78 Å². The molecule has 21 heavy (non-hydrogen) atoms. The molecule has 2 aromatic rings. The summed E-state index contributed by atoms with van der Waals surface area (Å²) < 4.78 is 0. The van der Waals surface area contributed by atoms with Gasteiger partial charge in [-0.05, 0) is 5.56 Å². The van der Waals surface area contributed by atoms with Crippen LogP contribution in [-0.4, -0.2) is 33.6 Å². The molecular weight excluding hydrogens is 272 g/mol. The van der Waals surface area contributed by atoms with Crippen LogP contribution in [0.4, 0.5) is 4.79 Å². The summed E-state index contributed by atoms with van der Waals surface area (Å²) in [5.74, 6) is -1.75. The molecule has 1 aromatic carbocycles. The fourth-order valence-corrected chi connectivity index (χ4v) is 1.85. The zero-order chi connectivity index (χ0) is 15.1. The molecule has 0 spiro atoms. The van der Waals surface area contributed by atoms with Crippen LogP contribution in [0, 0.1) is 0 Å². The number of H-pyrrole nitrogens is 1. The molecule has 0 fully saturated rings. The highest BCUT2D eigenvalue weighted by Crippen LogP contribution is 2.14. The fraction of sp³-hybridized carbons (Fsp3) is 0.214. The van der Waals surface area contributed by atoms with Crippen LogP contribution in [-0.2, 0) is 11.3 Å². The number of urea groups is 1. The molecule has 1 atom stereocenters. The molecule has 0 saturated carbocycles. The third kappa shape index (κ3) is 4.34. The van der Waals surface area contributed by atoms with E-state index in [1.807, 2.05) is 6.07 Å². The summed E-state index contributed by atoms with van der Waals surface area (Å²) in [5, 5.41) is 14.4. The maximum Gasteiger partial charge on any atom is 0.315 e. The van der Waals surface area contributed by atoms with Crippen LogP contribution >= 0.6 is 0 Å². The molecule has 0 aliphatic rings. The van der Waals surface area contributed by atoms with Crippen LogP contribution in [0.15, 0.2) is 42.9 Å². The molecule has 0 saturated heterocycles. The molecule has 2 rings (SSSR count). The highest BCUT2D eigenvalue weighted by molar-refractivity contribution is 5.79. The van der Waals surface area contributed by atoms with Gasteiger partial charge >= 0.3 is 12.0 Å². The van der Waals surface area contributed by atoms with Crippen LogP contribution in [0.5, 0.6) is 0 Å². The van der Waals surface area contributed by atoms with E-state index in [-0.39, 0.29) is 6.54 Å². The Morgan fingerprint density at radius 2 is 2.00 bits per heavy atom. The van der Waals surface area contributed by atoms with Gasteiger partial charge in [-0.3, -0.25) is 4.79 Å². The van der Waals surface area contributed by atoms with E-state index >= 15 is 0 Å². The zero-order valence-electron chi connectivity index (χ0n) is 11.2. The fourth-order valence-electron chi connectivity index (χ4n) is 1.85. The smallest absolute Gasteiger partial charge is 0.315 e. The first-order valence-electron chi connectivity index (χ1n) is 6.43. The number of carbonyl (C=O) groups is 2. The molecule has 2 amide bonds. The average molecular weight is 288 g/mol. The maximum absolute atomic E-state index is 11.6. The van der Waals surface area contributed by atoms with E-state index in [1.165, 1.54) is 6.33 Å². The Labute approximate surface area is 121 Å². The van der Waals surface area contributed by atoms with Crippen molar-refractivity contribution < 1.29 is 14.7 Å². The van der Waals surface area contributed by atoms with E-state index in [0.29, 0.717) is 12.1 Å². The van der Waals surface area contributed by atoms with E-state index in [4.69, 9.17) is 0 Å². The second kappa shape index (κ2) is 7.09. The first-order valence-corrected chi connectivity index (χ1v) is 6.43. The van der Waals surface area contributed by atoms with Gasteiger partial charge in [-0.15, -0.1) is 0 Å². The predicted octanol–water partition coefficient (Wildman–Crippen LogP) is 1.08. The SMILES string of the molecule is O=C(NCc1cnc[nH]1)NCC(C(=O)O)c1ccccc1. The Balaban J connectivity index is 1.84. The van der Waals surface area contributed by atoms with E-state index in [9.17, 15) is 14.7 Å². The second-order valence-electron chi connectivity index (χ2n) is 4.44. The Morgan fingerprint density at radius 3 is 2.62 bits per heavy atom. The van der Waals surface area contributed by atoms with Crippen LogP contribution in [0.3, 0.4) is 0 Å². The van der Waals surface area contributed by atoms with Gasteiger partial charge in [0, 0.05) is 12.7 Å². The molecular formula is C14H16N4O3.